The highest BCUT2D eigenvalue weighted by Gasteiger charge is 2.07. The molecule has 0 radical (unpaired) electrons. The van der Waals surface area contributed by atoms with Crippen LogP contribution in [0.3, 0.4) is 0 Å². The third-order valence-electron chi connectivity index (χ3n) is 4.05. The van der Waals surface area contributed by atoms with E-state index in [-0.39, 0.29) is 5.91 Å². The molecule has 23 heavy (non-hydrogen) atoms. The van der Waals surface area contributed by atoms with E-state index < -0.39 is 0 Å². The molecule has 2 aromatic carbocycles. The molecule has 1 heterocycles. The van der Waals surface area contributed by atoms with E-state index in [0.29, 0.717) is 17.7 Å². The van der Waals surface area contributed by atoms with Crippen molar-refractivity contribution >= 4 is 16.8 Å². The van der Waals surface area contributed by atoms with Crippen LogP contribution in [0.1, 0.15) is 27.2 Å². The third kappa shape index (κ3) is 2.95. The highest BCUT2D eigenvalue weighted by Crippen LogP contribution is 2.19. The molecule has 0 spiro atoms. The summed E-state index contributed by atoms with van der Waals surface area (Å²) in [6, 6.07) is 17.1. The molecule has 0 atom stereocenters. The van der Waals surface area contributed by atoms with Gasteiger partial charge in [0, 0.05) is 35.8 Å². The van der Waals surface area contributed by atoms with Gasteiger partial charge in [-0.2, -0.15) is 5.26 Å². The zero-order valence-corrected chi connectivity index (χ0v) is 13.1. The first-order valence-corrected chi connectivity index (χ1v) is 7.42. The van der Waals surface area contributed by atoms with Gasteiger partial charge in [0.05, 0.1) is 11.6 Å². The monoisotopic (exact) mass is 303 g/mol. The summed E-state index contributed by atoms with van der Waals surface area (Å²) in [7, 11) is 2.04. The van der Waals surface area contributed by atoms with E-state index >= 15 is 0 Å². The summed E-state index contributed by atoms with van der Waals surface area (Å²) in [6.07, 6.45) is 0. The normalized spacial score (nSPS) is 10.5. The molecular formula is C19H17N3O. The van der Waals surface area contributed by atoms with Gasteiger partial charge in [-0.1, -0.05) is 12.1 Å². The lowest BCUT2D eigenvalue weighted by molar-refractivity contribution is 0.0951. The smallest absolute Gasteiger partial charge is 0.251 e. The molecule has 0 aliphatic heterocycles. The molecular weight excluding hydrogens is 286 g/mol. The fourth-order valence-corrected chi connectivity index (χ4v) is 2.66. The van der Waals surface area contributed by atoms with Gasteiger partial charge in [0.15, 0.2) is 0 Å². The zero-order chi connectivity index (χ0) is 16.4. The Kier molecular flexibility index (Phi) is 3.86. The van der Waals surface area contributed by atoms with E-state index in [0.717, 1.165) is 5.56 Å². The zero-order valence-electron chi connectivity index (χ0n) is 13.1. The van der Waals surface area contributed by atoms with Crippen LogP contribution in [0.4, 0.5) is 0 Å². The second-order valence-corrected chi connectivity index (χ2v) is 5.61. The van der Waals surface area contributed by atoms with Crippen molar-refractivity contribution in [1.82, 2.24) is 9.88 Å². The Morgan fingerprint density at radius 2 is 2.04 bits per heavy atom. The van der Waals surface area contributed by atoms with Crippen molar-refractivity contribution < 1.29 is 4.79 Å². The maximum Gasteiger partial charge on any atom is 0.251 e. The number of hydrogen-bond donors (Lipinski definition) is 1. The number of nitrogens with one attached hydrogen (secondary N) is 1. The van der Waals surface area contributed by atoms with E-state index in [1.165, 1.54) is 16.6 Å². The Hall–Kier alpha value is -3.06. The SMILES string of the molecule is Cc1cc2cc(CNC(=O)c3cccc(C#N)c3)ccc2n1C. The molecule has 0 unspecified atom stereocenters. The first kappa shape index (κ1) is 14.9. The van der Waals surface area contributed by atoms with Gasteiger partial charge >= 0.3 is 0 Å². The molecule has 0 saturated carbocycles. The maximum absolute atomic E-state index is 12.2. The number of rotatable bonds is 3. The largest absolute Gasteiger partial charge is 0.348 e. The number of hydrogen-bond acceptors (Lipinski definition) is 2. The molecule has 0 aliphatic carbocycles. The number of aromatic nitrogens is 1. The molecule has 114 valence electrons. The van der Waals surface area contributed by atoms with Gasteiger partial charge in [0.2, 0.25) is 0 Å². The number of carbonyl (C=O) groups is 1. The Morgan fingerprint density at radius 3 is 2.83 bits per heavy atom. The van der Waals surface area contributed by atoms with Gasteiger partial charge < -0.3 is 9.88 Å². The van der Waals surface area contributed by atoms with Gasteiger partial charge in [-0.25, -0.2) is 0 Å². The summed E-state index contributed by atoms with van der Waals surface area (Å²) in [5, 5.41) is 13.0. The van der Waals surface area contributed by atoms with Crippen LogP contribution in [0, 0.1) is 18.3 Å². The van der Waals surface area contributed by atoms with Gasteiger partial charge in [0.1, 0.15) is 0 Å². The van der Waals surface area contributed by atoms with Crippen molar-refractivity contribution in [3.8, 4) is 6.07 Å². The summed E-state index contributed by atoms with van der Waals surface area (Å²) >= 11 is 0. The highest BCUT2D eigenvalue weighted by atomic mass is 16.1. The average Bonchev–Trinajstić information content (AvgIpc) is 2.86. The molecule has 1 aromatic heterocycles. The summed E-state index contributed by atoms with van der Waals surface area (Å²) in [5.74, 6) is -0.175. The number of aryl methyl sites for hydroxylation is 2. The average molecular weight is 303 g/mol. The number of benzene rings is 2. The van der Waals surface area contributed by atoms with Crippen LogP contribution in [0.25, 0.3) is 10.9 Å². The molecule has 1 amide bonds. The van der Waals surface area contributed by atoms with E-state index in [4.69, 9.17) is 5.26 Å². The van der Waals surface area contributed by atoms with Crippen LogP contribution in [-0.4, -0.2) is 10.5 Å². The lowest BCUT2D eigenvalue weighted by Crippen LogP contribution is -2.22. The molecule has 3 aromatic rings. The summed E-state index contributed by atoms with van der Waals surface area (Å²) in [6.45, 7) is 2.53. The van der Waals surface area contributed by atoms with Crippen molar-refractivity contribution in [2.24, 2.45) is 7.05 Å². The van der Waals surface area contributed by atoms with E-state index in [9.17, 15) is 4.79 Å². The van der Waals surface area contributed by atoms with E-state index in [2.05, 4.69) is 35.0 Å². The maximum atomic E-state index is 12.2. The second kappa shape index (κ2) is 5.98. The number of nitriles is 1. The van der Waals surface area contributed by atoms with Crippen LogP contribution < -0.4 is 5.32 Å². The quantitative estimate of drug-likeness (QED) is 0.807. The van der Waals surface area contributed by atoms with Crippen molar-refractivity contribution in [1.29, 1.82) is 5.26 Å². The van der Waals surface area contributed by atoms with Crippen LogP contribution in [-0.2, 0) is 13.6 Å². The standard InChI is InChI=1S/C19H17N3O/c1-13-8-17-10-15(6-7-18(17)22(13)2)12-21-19(23)16-5-3-4-14(9-16)11-20/h3-10H,12H2,1-2H3,(H,21,23). The Labute approximate surface area is 135 Å². The second-order valence-electron chi connectivity index (χ2n) is 5.61. The van der Waals surface area contributed by atoms with Gasteiger partial charge in [-0.3, -0.25) is 4.79 Å². The van der Waals surface area contributed by atoms with Gasteiger partial charge in [-0.05, 0) is 48.9 Å². The predicted octanol–water partition coefficient (Wildman–Crippen LogP) is 3.29. The Morgan fingerprint density at radius 1 is 1.22 bits per heavy atom. The Bertz CT molecular complexity index is 931. The van der Waals surface area contributed by atoms with Gasteiger partial charge in [0.25, 0.3) is 5.91 Å². The minimum atomic E-state index is -0.175. The van der Waals surface area contributed by atoms with Crippen molar-refractivity contribution in [3.05, 3.63) is 70.9 Å². The van der Waals surface area contributed by atoms with Crippen LogP contribution in [0.15, 0.2) is 48.5 Å². The molecule has 4 heteroatoms. The number of amides is 1. The summed E-state index contributed by atoms with van der Waals surface area (Å²) in [5.41, 5.74) is 4.42. The molecule has 3 rings (SSSR count). The number of nitrogens with zero attached hydrogens (tertiary/aromatic N) is 2. The van der Waals surface area contributed by atoms with Crippen molar-refractivity contribution in [3.63, 3.8) is 0 Å². The fraction of sp³-hybridized carbons (Fsp3) is 0.158. The van der Waals surface area contributed by atoms with Crippen molar-refractivity contribution in [2.75, 3.05) is 0 Å². The molecule has 4 nitrogen and oxygen atoms in total. The molecule has 0 fully saturated rings. The molecule has 1 N–H and O–H groups in total. The number of carbonyl (C=O) groups excluding carboxylic acids is 1. The first-order valence-electron chi connectivity index (χ1n) is 7.42. The van der Waals surface area contributed by atoms with Crippen LogP contribution >= 0.6 is 0 Å². The van der Waals surface area contributed by atoms with Gasteiger partial charge in [-0.15, -0.1) is 0 Å². The molecule has 0 aliphatic rings. The minimum Gasteiger partial charge on any atom is -0.348 e. The van der Waals surface area contributed by atoms with Crippen LogP contribution in [0.2, 0.25) is 0 Å². The molecule has 0 bridgehead atoms. The topological polar surface area (TPSA) is 57.8 Å². The summed E-state index contributed by atoms with van der Waals surface area (Å²) < 4.78 is 2.14. The lowest BCUT2D eigenvalue weighted by atomic mass is 10.1. The summed E-state index contributed by atoms with van der Waals surface area (Å²) in [4.78, 5) is 12.2. The predicted molar refractivity (Wildman–Crippen MR) is 90.0 cm³/mol. The fourth-order valence-electron chi connectivity index (χ4n) is 2.66. The molecule has 0 saturated heterocycles. The van der Waals surface area contributed by atoms with Crippen LogP contribution in [0.5, 0.6) is 0 Å². The van der Waals surface area contributed by atoms with Crippen molar-refractivity contribution in [2.45, 2.75) is 13.5 Å². The van der Waals surface area contributed by atoms with E-state index in [1.54, 1.807) is 24.3 Å². The number of fused-ring (bicyclic) bond motifs is 1. The highest BCUT2D eigenvalue weighted by molar-refractivity contribution is 5.94. The minimum absolute atomic E-state index is 0.175. The first-order chi connectivity index (χ1) is 11.1. The van der Waals surface area contributed by atoms with E-state index in [1.807, 2.05) is 19.2 Å². The lowest BCUT2D eigenvalue weighted by Gasteiger charge is -2.06. The Balaban J connectivity index is 1.75. The third-order valence-corrected chi connectivity index (χ3v) is 4.05.